The Bertz CT molecular complexity index is 2870. The number of ether oxygens (including phenoxy) is 4. The number of hydrogen-bond acceptors (Lipinski definition) is 16. The summed E-state index contributed by atoms with van der Waals surface area (Å²) in [4.78, 5) is 86.5. The summed E-state index contributed by atoms with van der Waals surface area (Å²) < 4.78 is 53.0. The van der Waals surface area contributed by atoms with Crippen LogP contribution >= 0.6 is 0 Å². The van der Waals surface area contributed by atoms with Crippen molar-refractivity contribution in [1.82, 2.24) is 0 Å². The molecule has 2 aliphatic heterocycles. The first-order chi connectivity index (χ1) is 31.7. The van der Waals surface area contributed by atoms with E-state index in [9.17, 15) is 78.3 Å². The van der Waals surface area contributed by atoms with Crippen molar-refractivity contribution in [3.8, 4) is 34.5 Å². The van der Waals surface area contributed by atoms with Gasteiger partial charge in [0.25, 0.3) is 11.6 Å². The molecule has 0 bridgehead atoms. The summed E-state index contributed by atoms with van der Waals surface area (Å²) in [6, 6.07) is 13.9. The molecule has 0 saturated heterocycles. The summed E-state index contributed by atoms with van der Waals surface area (Å²) in [5.74, 6) is -12.4. The van der Waals surface area contributed by atoms with Crippen LogP contribution in [0.25, 0.3) is 0 Å². The van der Waals surface area contributed by atoms with Gasteiger partial charge in [-0.15, -0.1) is 0 Å². The van der Waals surface area contributed by atoms with Crippen LogP contribution in [0.3, 0.4) is 0 Å². The van der Waals surface area contributed by atoms with Crippen molar-refractivity contribution in [3.63, 3.8) is 0 Å². The van der Waals surface area contributed by atoms with E-state index >= 15 is 0 Å². The van der Waals surface area contributed by atoms with E-state index in [2.05, 4.69) is 5.32 Å². The normalized spacial score (nSPS) is 11.6. The number of nitrogens with one attached hydrogen (secondary N) is 1. The molecule has 0 aliphatic carbocycles. The molecule has 1 amide bonds. The van der Waals surface area contributed by atoms with Crippen LogP contribution in [0.2, 0.25) is 0 Å². The van der Waals surface area contributed by atoms with E-state index in [1.165, 1.54) is 30.3 Å². The molecule has 30 heteroatoms. The number of nitro groups is 1. The number of nitro benzene ring substituents is 1. The Morgan fingerprint density at radius 1 is 0.630 bits per heavy atom. The van der Waals surface area contributed by atoms with Crippen molar-refractivity contribution >= 4 is 367 Å². The number of non-ortho nitro benzene ring substituents is 1. The SMILES string of the molecule is O=C(O)CN(CC(=O)O)c1ccc(NC(=O)c2ccc3c(c2)C(=O)OC32c3cc(F)c(O)cc3Oc3cc(O)c(F)cc32)cc1OCCOc1ccc([N+](=O)[O-])cc1N(CC(=O)O)CC(=O)O.[K].[K].[K].[K].[K].[K]. The topological polar surface area (TPSA) is 322 Å². The van der Waals surface area contributed by atoms with Crippen molar-refractivity contribution < 1.29 is 92.1 Å². The van der Waals surface area contributed by atoms with Crippen molar-refractivity contribution in [3.05, 3.63) is 128 Å². The van der Waals surface area contributed by atoms with Crippen LogP contribution in [0.15, 0.2) is 78.9 Å². The van der Waals surface area contributed by atoms with E-state index in [1.54, 1.807) is 0 Å². The minimum atomic E-state index is -2.09. The van der Waals surface area contributed by atoms with Gasteiger partial charge in [-0.2, -0.15) is 0 Å². The Morgan fingerprint density at radius 3 is 1.62 bits per heavy atom. The predicted octanol–water partition coefficient (Wildman–Crippen LogP) is 2.23. The van der Waals surface area contributed by atoms with Crippen LogP contribution < -0.4 is 29.3 Å². The molecule has 22 nitrogen and oxygen atoms in total. The second-order valence-corrected chi connectivity index (χ2v) is 14.6. The maximum atomic E-state index is 14.9. The Balaban J connectivity index is 0.00000444. The summed E-state index contributed by atoms with van der Waals surface area (Å²) in [5.41, 5.74) is -3.69. The fourth-order valence-corrected chi connectivity index (χ4v) is 7.45. The van der Waals surface area contributed by atoms with Gasteiger partial charge in [-0.25, -0.2) is 13.6 Å². The van der Waals surface area contributed by atoms with E-state index in [1.807, 2.05) is 0 Å². The number of halogens is 2. The molecule has 6 radical (unpaired) electrons. The molecule has 2 heterocycles. The van der Waals surface area contributed by atoms with E-state index in [4.69, 9.17) is 18.9 Å². The van der Waals surface area contributed by atoms with Crippen LogP contribution in [0.1, 0.15) is 37.4 Å². The first-order valence-electron chi connectivity index (χ1n) is 19.2. The number of amides is 1. The third kappa shape index (κ3) is 17.1. The van der Waals surface area contributed by atoms with E-state index in [0.717, 1.165) is 58.3 Å². The molecule has 7 N–H and O–H groups in total. The van der Waals surface area contributed by atoms with Crippen molar-refractivity contribution in [1.29, 1.82) is 0 Å². The van der Waals surface area contributed by atoms with Gasteiger partial charge in [0.05, 0.1) is 33.0 Å². The number of anilines is 3. The zero-order chi connectivity index (χ0) is 48.5. The molecule has 0 aromatic heterocycles. The molecular weight excluding hydrogens is 1130 g/mol. The average Bonchev–Trinajstić information content (AvgIpc) is 3.54. The Labute approximate surface area is 666 Å². The van der Waals surface area contributed by atoms with Crippen molar-refractivity contribution in [2.24, 2.45) is 0 Å². The quantitative estimate of drug-likeness (QED) is 0.0217. The Hall–Kier alpha value is 0.598. The Kier molecular flexibility index (Phi) is 31.0. The van der Waals surface area contributed by atoms with E-state index < -0.39 is 114 Å². The van der Waals surface area contributed by atoms with Crippen molar-refractivity contribution in [2.45, 2.75) is 5.60 Å². The zero-order valence-electron chi connectivity index (χ0n) is 39.9. The van der Waals surface area contributed by atoms with Crippen LogP contribution in [-0.2, 0) is 29.5 Å². The largest absolute Gasteiger partial charge is 0.505 e. The number of phenols is 2. The maximum absolute atomic E-state index is 14.9. The van der Waals surface area contributed by atoms with Crippen LogP contribution in [-0.4, -0.2) is 419 Å². The second kappa shape index (κ2) is 31.6. The van der Waals surface area contributed by atoms with E-state index in [-0.39, 0.29) is 376 Å². The van der Waals surface area contributed by atoms with Gasteiger partial charge in [-0.1, -0.05) is 6.07 Å². The van der Waals surface area contributed by atoms with Gasteiger partial charge in [0, 0.05) is 355 Å². The van der Waals surface area contributed by atoms with Gasteiger partial charge < -0.3 is 64.7 Å². The number of fused-ring (bicyclic) bond motifs is 6. The van der Waals surface area contributed by atoms with Gasteiger partial charge in [-0.05, 0) is 42.5 Å². The number of rotatable bonds is 18. The number of aliphatic carboxylic acids is 4. The van der Waals surface area contributed by atoms with Gasteiger partial charge in [0.2, 0.25) is 0 Å². The summed E-state index contributed by atoms with van der Waals surface area (Å²) in [6.45, 7) is -4.32. The predicted molar refractivity (Wildman–Crippen MR) is 256 cm³/mol. The molecular formula is C43H32F2K6N4O18. The average molecular weight is 1170 g/mol. The minimum Gasteiger partial charge on any atom is -0.505 e. The fraction of sp³-hybridized carbons (Fsp3) is 0.163. The number of phenolic OH excluding ortho intramolecular Hbond substituents is 2. The van der Waals surface area contributed by atoms with Crippen LogP contribution in [0.5, 0.6) is 34.5 Å². The molecule has 0 saturated carbocycles. The smallest absolute Gasteiger partial charge is 0.340 e. The fourth-order valence-electron chi connectivity index (χ4n) is 7.45. The number of esters is 1. The molecule has 7 rings (SSSR count). The second-order valence-electron chi connectivity index (χ2n) is 14.6. The third-order valence-electron chi connectivity index (χ3n) is 10.2. The van der Waals surface area contributed by atoms with Gasteiger partial charge >= 0.3 is 29.8 Å². The number of carbonyl (C=O) groups is 6. The minimum absolute atomic E-state index is 0. The molecule has 2 aliphatic rings. The number of hydrogen-bond donors (Lipinski definition) is 7. The number of benzene rings is 5. The summed E-state index contributed by atoms with van der Waals surface area (Å²) in [6.07, 6.45) is 0. The van der Waals surface area contributed by atoms with Crippen LogP contribution in [0, 0.1) is 21.7 Å². The number of aromatic hydroxyl groups is 2. The van der Waals surface area contributed by atoms with Crippen molar-refractivity contribution in [2.75, 3.05) is 54.5 Å². The number of carbonyl (C=O) groups excluding carboxylic acids is 2. The maximum Gasteiger partial charge on any atom is 0.340 e. The molecule has 0 unspecified atom stereocenters. The zero-order valence-corrected chi connectivity index (χ0v) is 58.7. The molecule has 0 fully saturated rings. The Morgan fingerprint density at radius 2 is 1.12 bits per heavy atom. The standard InChI is InChI=1S/C43H32F2N4O18.6K/c44-27-12-25-34(14-31(27)50)66-35-15-32(51)28(45)13-26(35)43(25)24-4-1-20(9-23(24)42(61)67-43)41(60)46-21-2-5-29(47(16-37(52)53)17-38(54)55)36(10-21)65-8-7-64-33-6-3-22(49(62)63)11-30(33)48(18-39(56)57)19-40(58)59;;;;;;/h1-6,9-15,50-51H,7-8,16-19H2,(H,46,60)(H,52,53)(H,54,55)(H,56,57)(H,58,59);;;;;;. The van der Waals surface area contributed by atoms with Gasteiger partial charge in [0.1, 0.15) is 62.4 Å². The molecule has 5 aromatic carbocycles. The molecule has 0 atom stereocenters. The number of nitrogens with zero attached hydrogens (tertiary/aromatic N) is 3. The molecule has 73 heavy (non-hydrogen) atoms. The number of carboxylic acid groups (broad SMARTS) is 4. The van der Waals surface area contributed by atoms with Gasteiger partial charge in [0.15, 0.2) is 28.7 Å². The van der Waals surface area contributed by atoms with Gasteiger partial charge in [-0.3, -0.25) is 34.1 Å². The summed E-state index contributed by atoms with van der Waals surface area (Å²) in [5, 5.41) is 72.2. The first kappa shape index (κ1) is 71.6. The third-order valence-corrected chi connectivity index (χ3v) is 10.2. The molecule has 5 aromatic rings. The molecule has 352 valence electrons. The summed E-state index contributed by atoms with van der Waals surface area (Å²) in [7, 11) is 0. The first-order valence-corrected chi connectivity index (χ1v) is 19.2. The number of carboxylic acids is 4. The monoisotopic (exact) mass is 1160 g/mol. The van der Waals surface area contributed by atoms with Crippen LogP contribution in [0.4, 0.5) is 31.5 Å². The van der Waals surface area contributed by atoms with E-state index in [0.29, 0.717) is 0 Å². The summed E-state index contributed by atoms with van der Waals surface area (Å²) >= 11 is 0. The molecule has 1 spiro atoms.